The fourth-order valence-electron chi connectivity index (χ4n) is 3.77. The summed E-state index contributed by atoms with van der Waals surface area (Å²) in [6, 6.07) is 13.4. The van der Waals surface area contributed by atoms with Crippen molar-refractivity contribution in [2.45, 2.75) is 19.9 Å². The van der Waals surface area contributed by atoms with Gasteiger partial charge in [0.05, 0.1) is 13.1 Å². The van der Waals surface area contributed by atoms with E-state index in [4.69, 9.17) is 0 Å². The summed E-state index contributed by atoms with van der Waals surface area (Å²) < 4.78 is 13.0. The Morgan fingerprint density at radius 1 is 0.971 bits per heavy atom. The van der Waals surface area contributed by atoms with Crippen LogP contribution in [0, 0.1) is 5.82 Å². The van der Waals surface area contributed by atoms with Crippen LogP contribution in [0.15, 0.2) is 48.5 Å². The summed E-state index contributed by atoms with van der Waals surface area (Å²) in [4.78, 5) is 29.2. The van der Waals surface area contributed by atoms with Crippen LogP contribution >= 0.6 is 11.3 Å². The van der Waals surface area contributed by atoms with Gasteiger partial charge >= 0.3 is 0 Å². The van der Waals surface area contributed by atoms with E-state index in [0.29, 0.717) is 18.8 Å². The number of aromatic nitrogens is 2. The fraction of sp³-hybridized carbons (Fsp3) is 0.333. The zero-order valence-electron chi connectivity index (χ0n) is 19.0. The van der Waals surface area contributed by atoms with Crippen LogP contribution in [-0.2, 0) is 17.8 Å². The van der Waals surface area contributed by atoms with Crippen LogP contribution in [0.3, 0.4) is 0 Å². The maximum atomic E-state index is 13.0. The van der Waals surface area contributed by atoms with Crippen LogP contribution in [0.25, 0.3) is 0 Å². The molecule has 8 nitrogen and oxygen atoms in total. The molecule has 1 fully saturated rings. The first-order chi connectivity index (χ1) is 16.5. The number of piperazine rings is 1. The minimum atomic E-state index is -0.365. The molecule has 2 aromatic carbocycles. The number of halogens is 1. The minimum absolute atomic E-state index is 0.00437. The molecule has 0 saturated carbocycles. The molecule has 178 valence electrons. The number of para-hydroxylation sites is 1. The summed E-state index contributed by atoms with van der Waals surface area (Å²) in [5.74, 6) is -0.732. The Kier molecular flexibility index (Phi) is 7.94. The van der Waals surface area contributed by atoms with Gasteiger partial charge in [-0.3, -0.25) is 19.4 Å². The Hall–Kier alpha value is -3.21. The monoisotopic (exact) mass is 482 g/mol. The van der Waals surface area contributed by atoms with E-state index in [1.807, 2.05) is 24.3 Å². The first kappa shape index (κ1) is 23.9. The fourth-order valence-corrected chi connectivity index (χ4v) is 4.54. The average molecular weight is 483 g/mol. The number of nitrogens with one attached hydrogen (secondary N) is 2. The minimum Gasteiger partial charge on any atom is -0.325 e. The van der Waals surface area contributed by atoms with E-state index >= 15 is 0 Å². The highest BCUT2D eigenvalue weighted by Gasteiger charge is 2.21. The molecule has 0 unspecified atom stereocenters. The van der Waals surface area contributed by atoms with Crippen molar-refractivity contribution in [3.63, 3.8) is 0 Å². The molecule has 0 bridgehead atoms. The highest BCUT2D eigenvalue weighted by atomic mass is 32.1. The summed E-state index contributed by atoms with van der Waals surface area (Å²) in [7, 11) is 0. The Bertz CT molecular complexity index is 1130. The molecule has 34 heavy (non-hydrogen) atoms. The molecule has 2 N–H and O–H groups in total. The zero-order valence-corrected chi connectivity index (χ0v) is 19.8. The number of carbonyl (C=O) groups is 2. The van der Waals surface area contributed by atoms with E-state index in [-0.39, 0.29) is 22.6 Å². The second kappa shape index (κ2) is 11.3. The van der Waals surface area contributed by atoms with Crippen molar-refractivity contribution in [1.82, 2.24) is 20.0 Å². The number of benzene rings is 2. The van der Waals surface area contributed by atoms with Gasteiger partial charge in [-0.2, -0.15) is 0 Å². The maximum Gasteiger partial charge on any atom is 0.286 e. The van der Waals surface area contributed by atoms with Crippen LogP contribution in [0.4, 0.5) is 15.8 Å². The van der Waals surface area contributed by atoms with Gasteiger partial charge in [0.2, 0.25) is 10.9 Å². The first-order valence-corrected chi connectivity index (χ1v) is 12.0. The number of nitrogens with zero attached hydrogens (tertiary/aromatic N) is 4. The molecule has 4 rings (SSSR count). The lowest BCUT2D eigenvalue weighted by atomic mass is 10.1. The third-order valence-electron chi connectivity index (χ3n) is 5.63. The van der Waals surface area contributed by atoms with Crippen LogP contribution in [0.1, 0.15) is 27.3 Å². The van der Waals surface area contributed by atoms with Crippen molar-refractivity contribution in [3.05, 3.63) is 69.9 Å². The Labute approximate surface area is 201 Å². The van der Waals surface area contributed by atoms with Crippen molar-refractivity contribution in [2.24, 2.45) is 0 Å². The second-order valence-corrected chi connectivity index (χ2v) is 9.14. The van der Waals surface area contributed by atoms with E-state index in [1.165, 1.54) is 35.6 Å². The van der Waals surface area contributed by atoms with E-state index in [0.717, 1.165) is 48.9 Å². The summed E-state index contributed by atoms with van der Waals surface area (Å²) >= 11 is 1.25. The van der Waals surface area contributed by atoms with Gasteiger partial charge in [-0.1, -0.05) is 36.5 Å². The predicted molar refractivity (Wildman–Crippen MR) is 130 cm³/mol. The molecular weight excluding hydrogens is 455 g/mol. The molecule has 10 heteroatoms. The summed E-state index contributed by atoms with van der Waals surface area (Å²) in [6.45, 7) is 6.19. The number of anilines is 2. The van der Waals surface area contributed by atoms with Crippen LogP contribution < -0.4 is 10.6 Å². The van der Waals surface area contributed by atoms with Crippen LogP contribution in [0.2, 0.25) is 0 Å². The molecule has 1 aliphatic rings. The third kappa shape index (κ3) is 6.43. The van der Waals surface area contributed by atoms with Crippen molar-refractivity contribution < 1.29 is 14.0 Å². The van der Waals surface area contributed by atoms with Gasteiger partial charge < -0.3 is 10.6 Å². The standard InChI is InChI=1S/C24H27FN6O2S/c1-2-17-5-3-4-6-20(17)27-21(32)15-30-11-13-31(14-12-30)16-22-28-29-24(34-22)23(33)26-19-9-7-18(25)8-10-19/h3-10H,2,11-16H2,1H3,(H,26,33)(H,27,32). The predicted octanol–water partition coefficient (Wildman–Crippen LogP) is 3.25. The second-order valence-electron chi connectivity index (χ2n) is 8.07. The van der Waals surface area contributed by atoms with Gasteiger partial charge in [0.1, 0.15) is 10.8 Å². The van der Waals surface area contributed by atoms with E-state index in [9.17, 15) is 14.0 Å². The van der Waals surface area contributed by atoms with E-state index in [1.54, 1.807) is 0 Å². The normalized spacial score (nSPS) is 14.6. The molecule has 0 radical (unpaired) electrons. The first-order valence-electron chi connectivity index (χ1n) is 11.2. The quantitative estimate of drug-likeness (QED) is 0.512. The van der Waals surface area contributed by atoms with Gasteiger partial charge in [0.25, 0.3) is 5.91 Å². The van der Waals surface area contributed by atoms with Gasteiger partial charge in [-0.15, -0.1) is 10.2 Å². The number of rotatable bonds is 8. The average Bonchev–Trinajstić information content (AvgIpc) is 3.31. The lowest BCUT2D eigenvalue weighted by molar-refractivity contribution is -0.117. The van der Waals surface area contributed by atoms with Gasteiger partial charge in [0.15, 0.2) is 0 Å². The lowest BCUT2D eigenvalue weighted by Crippen LogP contribution is -2.48. The van der Waals surface area contributed by atoms with Crippen molar-refractivity contribution in [1.29, 1.82) is 0 Å². The van der Waals surface area contributed by atoms with Crippen molar-refractivity contribution in [3.8, 4) is 0 Å². The third-order valence-corrected chi connectivity index (χ3v) is 6.53. The molecule has 1 aromatic heterocycles. The smallest absolute Gasteiger partial charge is 0.286 e. The Morgan fingerprint density at radius 2 is 1.68 bits per heavy atom. The molecule has 2 heterocycles. The summed E-state index contributed by atoms with van der Waals surface area (Å²) in [5, 5.41) is 14.9. The SMILES string of the molecule is CCc1ccccc1NC(=O)CN1CCN(Cc2nnc(C(=O)Nc3ccc(F)cc3)s2)CC1. The van der Waals surface area contributed by atoms with Crippen molar-refractivity contribution >= 4 is 34.5 Å². The number of amides is 2. The molecule has 1 saturated heterocycles. The molecule has 1 aliphatic heterocycles. The lowest BCUT2D eigenvalue weighted by Gasteiger charge is -2.33. The van der Waals surface area contributed by atoms with Crippen molar-refractivity contribution in [2.75, 3.05) is 43.4 Å². The molecule has 3 aromatic rings. The largest absolute Gasteiger partial charge is 0.325 e. The topological polar surface area (TPSA) is 90.5 Å². The molecule has 0 atom stereocenters. The van der Waals surface area contributed by atoms with Gasteiger partial charge in [-0.05, 0) is 42.3 Å². The van der Waals surface area contributed by atoms with Crippen LogP contribution in [-0.4, -0.2) is 64.5 Å². The zero-order chi connectivity index (χ0) is 23.9. The number of hydrogen-bond donors (Lipinski definition) is 2. The summed E-state index contributed by atoms with van der Waals surface area (Å²) in [5.41, 5.74) is 2.51. The highest BCUT2D eigenvalue weighted by Crippen LogP contribution is 2.17. The molecular formula is C24H27FN6O2S. The summed E-state index contributed by atoms with van der Waals surface area (Å²) in [6.07, 6.45) is 0.871. The van der Waals surface area contributed by atoms with E-state index in [2.05, 4.69) is 37.6 Å². The Balaban J connectivity index is 1.22. The molecule has 0 aliphatic carbocycles. The van der Waals surface area contributed by atoms with E-state index < -0.39 is 0 Å². The number of hydrogen-bond acceptors (Lipinski definition) is 7. The maximum absolute atomic E-state index is 13.0. The highest BCUT2D eigenvalue weighted by molar-refractivity contribution is 7.13. The number of aryl methyl sites for hydroxylation is 1. The van der Waals surface area contributed by atoms with Crippen LogP contribution in [0.5, 0.6) is 0 Å². The van der Waals surface area contributed by atoms with Gasteiger partial charge in [0, 0.05) is 37.6 Å². The number of carbonyl (C=O) groups excluding carboxylic acids is 2. The molecule has 0 spiro atoms. The molecule has 2 amide bonds. The van der Waals surface area contributed by atoms with Gasteiger partial charge in [-0.25, -0.2) is 4.39 Å². The Morgan fingerprint density at radius 3 is 2.41 bits per heavy atom.